The maximum absolute atomic E-state index is 12.0. The lowest BCUT2D eigenvalue weighted by Crippen LogP contribution is -2.24. The molecule has 1 aliphatic rings. The summed E-state index contributed by atoms with van der Waals surface area (Å²) < 4.78 is 12.0. The van der Waals surface area contributed by atoms with Gasteiger partial charge in [-0.15, -0.1) is 0 Å². The molecule has 19 heavy (non-hydrogen) atoms. The van der Waals surface area contributed by atoms with Gasteiger partial charge in [-0.25, -0.2) is 0 Å². The van der Waals surface area contributed by atoms with Crippen molar-refractivity contribution >= 4 is 39.7 Å². The van der Waals surface area contributed by atoms with Crippen molar-refractivity contribution in [3.8, 4) is 0 Å². The molecule has 4 nitrogen and oxygen atoms in total. The fourth-order valence-electron chi connectivity index (χ4n) is 2.22. The number of nitrogens with two attached hydrogens (primary N) is 1. The molecule has 1 aromatic rings. The van der Waals surface area contributed by atoms with Gasteiger partial charge in [-0.1, -0.05) is 24.4 Å². The van der Waals surface area contributed by atoms with Crippen LogP contribution in [0.3, 0.4) is 0 Å². The summed E-state index contributed by atoms with van der Waals surface area (Å²) >= 11 is 5.80. The monoisotopic (exact) mass is 300 g/mol. The number of rotatable bonds is 4. The summed E-state index contributed by atoms with van der Waals surface area (Å²) in [7, 11) is -1.08. The Labute approximate surface area is 120 Å². The van der Waals surface area contributed by atoms with Crippen LogP contribution in [0.15, 0.2) is 18.2 Å². The van der Waals surface area contributed by atoms with Gasteiger partial charge < -0.3 is 11.1 Å². The zero-order valence-corrected chi connectivity index (χ0v) is 12.1. The number of hydrogen-bond acceptors (Lipinski definition) is 3. The molecule has 2 rings (SSSR count). The van der Waals surface area contributed by atoms with Crippen molar-refractivity contribution in [1.29, 1.82) is 0 Å². The maximum atomic E-state index is 12.0. The highest BCUT2D eigenvalue weighted by molar-refractivity contribution is 7.86. The van der Waals surface area contributed by atoms with Crippen LogP contribution in [0.4, 0.5) is 11.4 Å². The zero-order valence-electron chi connectivity index (χ0n) is 10.5. The minimum Gasteiger partial charge on any atom is -0.397 e. The Balaban J connectivity index is 1.89. The molecule has 0 aliphatic heterocycles. The Hall–Kier alpha value is -1.07. The molecule has 1 aromatic carbocycles. The zero-order chi connectivity index (χ0) is 13.8. The van der Waals surface area contributed by atoms with Gasteiger partial charge in [-0.05, 0) is 31.0 Å². The van der Waals surface area contributed by atoms with E-state index in [9.17, 15) is 9.00 Å². The van der Waals surface area contributed by atoms with Gasteiger partial charge in [0.25, 0.3) is 0 Å². The molecule has 0 heterocycles. The summed E-state index contributed by atoms with van der Waals surface area (Å²) in [4.78, 5) is 11.8. The van der Waals surface area contributed by atoms with Crippen LogP contribution in [0.1, 0.15) is 25.7 Å². The topological polar surface area (TPSA) is 72.2 Å². The summed E-state index contributed by atoms with van der Waals surface area (Å²) in [5.41, 5.74) is 6.65. The van der Waals surface area contributed by atoms with Gasteiger partial charge >= 0.3 is 0 Å². The molecule has 1 fully saturated rings. The first-order chi connectivity index (χ1) is 9.06. The highest BCUT2D eigenvalue weighted by atomic mass is 35.5. The Kier molecular flexibility index (Phi) is 4.82. The van der Waals surface area contributed by atoms with Gasteiger partial charge in [0.15, 0.2) is 0 Å². The second-order valence-electron chi connectivity index (χ2n) is 4.72. The van der Waals surface area contributed by atoms with E-state index in [0.717, 1.165) is 25.7 Å². The fraction of sp³-hybridized carbons (Fsp3) is 0.462. The van der Waals surface area contributed by atoms with Crippen molar-refractivity contribution in [2.24, 2.45) is 0 Å². The number of anilines is 2. The Morgan fingerprint density at radius 1 is 1.42 bits per heavy atom. The van der Waals surface area contributed by atoms with E-state index < -0.39 is 10.8 Å². The van der Waals surface area contributed by atoms with E-state index in [4.69, 9.17) is 17.3 Å². The van der Waals surface area contributed by atoms with E-state index in [1.165, 1.54) is 0 Å². The largest absolute Gasteiger partial charge is 0.397 e. The molecule has 1 atom stereocenters. The van der Waals surface area contributed by atoms with Crippen LogP contribution >= 0.6 is 11.6 Å². The molecule has 0 radical (unpaired) electrons. The lowest BCUT2D eigenvalue weighted by molar-refractivity contribution is -0.113. The summed E-state index contributed by atoms with van der Waals surface area (Å²) in [5.74, 6) is -0.195. The highest BCUT2D eigenvalue weighted by Gasteiger charge is 2.23. The van der Waals surface area contributed by atoms with E-state index in [1.807, 2.05) is 0 Å². The van der Waals surface area contributed by atoms with Crippen LogP contribution in [-0.2, 0) is 15.6 Å². The lowest BCUT2D eigenvalue weighted by Gasteiger charge is -2.10. The molecule has 1 amide bonds. The molecule has 6 heteroatoms. The summed E-state index contributed by atoms with van der Waals surface area (Å²) in [6, 6.07) is 4.90. The second-order valence-corrected chi connectivity index (χ2v) is 6.84. The first-order valence-corrected chi connectivity index (χ1v) is 8.04. The van der Waals surface area contributed by atoms with E-state index in [2.05, 4.69) is 5.32 Å². The quantitative estimate of drug-likeness (QED) is 0.839. The van der Waals surface area contributed by atoms with Crippen molar-refractivity contribution < 1.29 is 9.00 Å². The number of hydrogen-bond donors (Lipinski definition) is 2. The molecular formula is C13H17ClN2O2S. The first-order valence-electron chi connectivity index (χ1n) is 6.28. The van der Waals surface area contributed by atoms with Crippen molar-refractivity contribution in [2.45, 2.75) is 30.9 Å². The number of nitrogens with one attached hydrogen (secondary N) is 1. The highest BCUT2D eigenvalue weighted by Crippen LogP contribution is 2.24. The predicted octanol–water partition coefficient (Wildman–Crippen LogP) is 2.55. The molecule has 0 saturated heterocycles. The Morgan fingerprint density at radius 2 is 2.11 bits per heavy atom. The molecule has 104 valence electrons. The minimum absolute atomic E-state index is 0.0488. The number of benzene rings is 1. The number of carbonyl (C=O) groups is 1. The van der Waals surface area contributed by atoms with E-state index in [1.54, 1.807) is 18.2 Å². The van der Waals surface area contributed by atoms with Gasteiger partial charge in [0.05, 0.1) is 10.7 Å². The van der Waals surface area contributed by atoms with E-state index in [-0.39, 0.29) is 16.9 Å². The fourth-order valence-corrected chi connectivity index (χ4v) is 3.76. The smallest absolute Gasteiger partial charge is 0.237 e. The van der Waals surface area contributed by atoms with Crippen molar-refractivity contribution in [1.82, 2.24) is 0 Å². The average molecular weight is 301 g/mol. The normalized spacial score (nSPS) is 17.3. The van der Waals surface area contributed by atoms with Crippen molar-refractivity contribution in [3.63, 3.8) is 0 Å². The van der Waals surface area contributed by atoms with Crippen molar-refractivity contribution in [3.05, 3.63) is 23.2 Å². The van der Waals surface area contributed by atoms with Gasteiger partial charge in [0.2, 0.25) is 5.91 Å². The molecule has 0 aromatic heterocycles. The third-order valence-electron chi connectivity index (χ3n) is 3.23. The Bertz CT molecular complexity index is 501. The number of amides is 1. The molecule has 1 saturated carbocycles. The van der Waals surface area contributed by atoms with E-state index >= 15 is 0 Å². The van der Waals surface area contributed by atoms with Gasteiger partial charge in [0, 0.05) is 21.7 Å². The average Bonchev–Trinajstić information content (AvgIpc) is 2.87. The summed E-state index contributed by atoms with van der Waals surface area (Å²) in [6.07, 6.45) is 4.17. The summed E-state index contributed by atoms with van der Waals surface area (Å²) in [6.45, 7) is 0. The third-order valence-corrected chi connectivity index (χ3v) is 5.33. The molecule has 0 bridgehead atoms. The number of nitrogen functional groups attached to an aromatic ring is 1. The second kappa shape index (κ2) is 6.39. The van der Waals surface area contributed by atoms with Crippen LogP contribution in [-0.4, -0.2) is 21.1 Å². The SMILES string of the molecule is Nc1cc(NC(=O)CS(=O)C2CCCC2)ccc1Cl. The van der Waals surface area contributed by atoms with Crippen molar-refractivity contribution in [2.75, 3.05) is 16.8 Å². The standard InChI is InChI=1S/C13H17ClN2O2S/c14-11-6-5-9(7-12(11)15)16-13(17)8-19(18)10-3-1-2-4-10/h5-7,10H,1-4,8,15H2,(H,16,17). The van der Waals surface area contributed by atoms with Gasteiger partial charge in [-0.2, -0.15) is 0 Å². The third kappa shape index (κ3) is 3.94. The molecular weight excluding hydrogens is 284 g/mol. The molecule has 3 N–H and O–H groups in total. The Morgan fingerprint density at radius 3 is 2.74 bits per heavy atom. The van der Waals surface area contributed by atoms with Gasteiger partial charge in [0.1, 0.15) is 5.75 Å². The lowest BCUT2D eigenvalue weighted by atomic mass is 10.3. The first kappa shape index (κ1) is 14.3. The van der Waals surface area contributed by atoms with Crippen LogP contribution < -0.4 is 11.1 Å². The number of carbonyl (C=O) groups excluding carboxylic acids is 1. The molecule has 1 unspecified atom stereocenters. The molecule has 1 aliphatic carbocycles. The molecule has 0 spiro atoms. The minimum atomic E-state index is -1.08. The van der Waals surface area contributed by atoms with Crippen LogP contribution in [0, 0.1) is 0 Å². The van der Waals surface area contributed by atoms with E-state index in [0.29, 0.717) is 16.4 Å². The van der Waals surface area contributed by atoms with Crippen LogP contribution in [0.25, 0.3) is 0 Å². The number of halogens is 1. The maximum Gasteiger partial charge on any atom is 0.237 e. The van der Waals surface area contributed by atoms with Gasteiger partial charge in [-0.3, -0.25) is 9.00 Å². The van der Waals surface area contributed by atoms with Crippen LogP contribution in [0.2, 0.25) is 5.02 Å². The van der Waals surface area contributed by atoms with Crippen LogP contribution in [0.5, 0.6) is 0 Å². The summed E-state index contributed by atoms with van der Waals surface area (Å²) in [5, 5.41) is 3.33. The predicted molar refractivity (Wildman–Crippen MR) is 79.8 cm³/mol.